The van der Waals surface area contributed by atoms with Crippen LogP contribution in [0.3, 0.4) is 0 Å². The van der Waals surface area contributed by atoms with Gasteiger partial charge in [0.2, 0.25) is 0 Å². The Balaban J connectivity index is 0.984. The molecule has 8 aromatic rings. The molecule has 1 aliphatic heterocycles. The largest absolute Gasteiger partial charge is 0.507 e. The van der Waals surface area contributed by atoms with Gasteiger partial charge >= 0.3 is 0 Å². The van der Waals surface area contributed by atoms with Crippen LogP contribution in [0.25, 0.3) is 49.7 Å². The van der Waals surface area contributed by atoms with Crippen LogP contribution >= 0.6 is 0 Å². The van der Waals surface area contributed by atoms with Crippen molar-refractivity contribution in [3.8, 4) is 50.9 Å². The topological polar surface area (TPSA) is 59.7 Å². The van der Waals surface area contributed by atoms with Gasteiger partial charge in [0.25, 0.3) is 0 Å². The van der Waals surface area contributed by atoms with Gasteiger partial charge in [0.15, 0.2) is 0 Å². The third-order valence-corrected chi connectivity index (χ3v) is 13.6. The number of nitriles is 1. The fraction of sp³-hybridized carbons (Fsp3) is 0.0806. The molecule has 322 valence electrons. The van der Waals surface area contributed by atoms with Crippen molar-refractivity contribution in [3.05, 3.63) is 247 Å². The van der Waals surface area contributed by atoms with Crippen molar-refractivity contribution in [3.63, 3.8) is 0 Å². The highest BCUT2D eigenvalue weighted by atomic mass is 16.5. The average Bonchev–Trinajstić information content (AvgIpc) is 3.59. The lowest BCUT2D eigenvalue weighted by atomic mass is 9.82. The van der Waals surface area contributed by atoms with Crippen molar-refractivity contribution >= 4 is 39.1 Å². The lowest BCUT2D eigenvalue weighted by molar-refractivity contribution is 0.450. The van der Waals surface area contributed by atoms with Crippen molar-refractivity contribution in [2.45, 2.75) is 31.7 Å². The minimum Gasteiger partial charge on any atom is -0.507 e. The van der Waals surface area contributed by atoms with Crippen LogP contribution in [0.5, 0.6) is 11.5 Å². The van der Waals surface area contributed by atoms with E-state index in [4.69, 9.17) is 4.74 Å². The Hall–Kier alpha value is -8.59. The minimum absolute atomic E-state index is 0.104. The Morgan fingerprint density at radius 2 is 1.34 bits per heavy atom. The van der Waals surface area contributed by atoms with Crippen molar-refractivity contribution in [1.82, 2.24) is 0 Å². The highest BCUT2D eigenvalue weighted by Crippen LogP contribution is 2.52. The molecule has 3 aliphatic rings. The molecule has 5 nitrogen and oxygen atoms in total. The number of aromatic hydroxyl groups is 1. The zero-order valence-corrected chi connectivity index (χ0v) is 37.4. The molecule has 1 atom stereocenters. The molecule has 11 rings (SSSR count). The number of rotatable bonds is 9. The predicted molar refractivity (Wildman–Crippen MR) is 276 cm³/mol. The van der Waals surface area contributed by atoms with E-state index in [1.54, 1.807) is 0 Å². The number of benzene rings is 8. The first-order valence-corrected chi connectivity index (χ1v) is 22.7. The van der Waals surface area contributed by atoms with Crippen LogP contribution in [-0.2, 0) is 5.41 Å². The lowest BCUT2D eigenvalue weighted by Gasteiger charge is -2.33. The number of phenols is 1. The highest BCUT2D eigenvalue weighted by molar-refractivity contribution is 6.09. The summed E-state index contributed by atoms with van der Waals surface area (Å²) in [5.41, 5.74) is 14.9. The molecule has 1 heterocycles. The van der Waals surface area contributed by atoms with E-state index in [0.29, 0.717) is 22.6 Å². The third-order valence-electron chi connectivity index (χ3n) is 13.6. The third kappa shape index (κ3) is 7.02. The monoisotopic (exact) mass is 865 g/mol. The number of anilines is 4. The number of hydrogen-bond donors (Lipinski definition) is 1. The highest BCUT2D eigenvalue weighted by Gasteiger charge is 2.36. The van der Waals surface area contributed by atoms with Crippen LogP contribution in [0.2, 0.25) is 0 Å². The van der Waals surface area contributed by atoms with Gasteiger partial charge < -0.3 is 19.6 Å². The SMILES string of the molecule is C=C1/C(=C\C(=C)N(c2ccccc2)C2C=CC=CC2)Oc2ccc(-c3ccc(N(c4ccc(C#N)c(-c5ccccc5)c4)c4ccc5c(c4)C(C)(C)c4ccccc4-5)cc3O)c3cccc1c23. The molecule has 0 bridgehead atoms. The number of allylic oxidation sites excluding steroid dienone is 4. The minimum atomic E-state index is -0.222. The quantitative estimate of drug-likeness (QED) is 0.157. The predicted octanol–water partition coefficient (Wildman–Crippen LogP) is 15.7. The first-order valence-electron chi connectivity index (χ1n) is 22.7. The fourth-order valence-electron chi connectivity index (χ4n) is 10.3. The molecule has 5 heteroatoms. The summed E-state index contributed by atoms with van der Waals surface area (Å²) >= 11 is 0. The van der Waals surface area contributed by atoms with E-state index in [-0.39, 0.29) is 17.2 Å². The van der Waals surface area contributed by atoms with Crippen LogP contribution < -0.4 is 14.5 Å². The lowest BCUT2D eigenvalue weighted by Crippen LogP contribution is -2.33. The molecule has 0 aromatic heterocycles. The smallest absolute Gasteiger partial charge is 0.136 e. The first kappa shape index (κ1) is 41.1. The summed E-state index contributed by atoms with van der Waals surface area (Å²) in [7, 11) is 0. The molecular weight excluding hydrogens is 819 g/mol. The van der Waals surface area contributed by atoms with Crippen LogP contribution in [0.15, 0.2) is 225 Å². The zero-order chi connectivity index (χ0) is 45.8. The van der Waals surface area contributed by atoms with Crippen molar-refractivity contribution in [2.24, 2.45) is 0 Å². The summed E-state index contributed by atoms with van der Waals surface area (Å²) in [5.74, 6) is 1.49. The fourth-order valence-corrected chi connectivity index (χ4v) is 10.3. The number of hydrogen-bond acceptors (Lipinski definition) is 5. The summed E-state index contributed by atoms with van der Waals surface area (Å²) in [6.45, 7) is 13.7. The molecule has 0 spiro atoms. The molecule has 1 unspecified atom stereocenters. The second kappa shape index (κ2) is 16.4. The Bertz CT molecular complexity index is 3460. The van der Waals surface area contributed by atoms with Gasteiger partial charge in [-0.25, -0.2) is 0 Å². The van der Waals surface area contributed by atoms with Gasteiger partial charge in [-0.05, 0) is 117 Å². The molecular formula is C62H47N3O2. The number of para-hydroxylation sites is 1. The average molecular weight is 866 g/mol. The van der Waals surface area contributed by atoms with Crippen LogP contribution in [-0.4, -0.2) is 11.1 Å². The Morgan fingerprint density at radius 3 is 2.10 bits per heavy atom. The molecule has 8 aromatic carbocycles. The van der Waals surface area contributed by atoms with E-state index in [9.17, 15) is 10.4 Å². The summed E-state index contributed by atoms with van der Waals surface area (Å²) < 4.78 is 6.71. The normalized spacial score (nSPS) is 15.7. The first-order chi connectivity index (χ1) is 32.7. The molecule has 1 N–H and O–H groups in total. The van der Waals surface area contributed by atoms with E-state index in [1.165, 1.54) is 22.3 Å². The van der Waals surface area contributed by atoms with E-state index in [2.05, 4.69) is 146 Å². The number of nitrogens with zero attached hydrogens (tertiary/aromatic N) is 3. The molecule has 0 saturated heterocycles. The molecule has 2 aliphatic carbocycles. The van der Waals surface area contributed by atoms with Crippen molar-refractivity contribution in [1.29, 1.82) is 5.26 Å². The van der Waals surface area contributed by atoms with Crippen LogP contribution in [0.1, 0.15) is 42.5 Å². The van der Waals surface area contributed by atoms with Crippen molar-refractivity contribution < 1.29 is 9.84 Å². The second-order valence-corrected chi connectivity index (χ2v) is 17.9. The van der Waals surface area contributed by atoms with E-state index in [1.807, 2.05) is 97.1 Å². The molecule has 67 heavy (non-hydrogen) atoms. The second-order valence-electron chi connectivity index (χ2n) is 17.9. The van der Waals surface area contributed by atoms with E-state index < -0.39 is 0 Å². The number of phenolic OH excluding ortho intramolecular Hbond substituents is 1. The van der Waals surface area contributed by atoms with Gasteiger partial charge in [-0.15, -0.1) is 0 Å². The van der Waals surface area contributed by atoms with Crippen molar-refractivity contribution in [2.75, 3.05) is 9.80 Å². The van der Waals surface area contributed by atoms with Crippen LogP contribution in [0.4, 0.5) is 22.7 Å². The summed E-state index contributed by atoms with van der Waals surface area (Å²) in [6.07, 6.45) is 11.4. The van der Waals surface area contributed by atoms with Gasteiger partial charge in [0, 0.05) is 68.1 Å². The molecule has 0 fully saturated rings. The molecule has 0 amide bonds. The Kier molecular flexibility index (Phi) is 10.1. The van der Waals surface area contributed by atoms with E-state index >= 15 is 0 Å². The van der Waals surface area contributed by atoms with Gasteiger partial charge in [-0.1, -0.05) is 148 Å². The van der Waals surface area contributed by atoms with Gasteiger partial charge in [0.05, 0.1) is 17.7 Å². The van der Waals surface area contributed by atoms with Gasteiger partial charge in [-0.2, -0.15) is 5.26 Å². The zero-order valence-electron chi connectivity index (χ0n) is 37.4. The van der Waals surface area contributed by atoms with Crippen LogP contribution in [0, 0.1) is 11.3 Å². The van der Waals surface area contributed by atoms with Gasteiger partial charge in [0.1, 0.15) is 17.3 Å². The summed E-state index contributed by atoms with van der Waals surface area (Å²) in [5, 5.41) is 24.3. The standard InChI is InChI=1S/C62H47N3O2/c1-40(64(44-19-10-6-11-20-44)45-21-12-7-13-22-45)35-60-41(2)49-24-16-25-54-50(33-34-59(67-60)61(49)54)53-32-30-48(38-58(53)66)65(46-28-27-43(39-63)55(36-46)42-17-8-5-9-18-42)47-29-31-52-51-23-14-15-26-56(51)62(3,4)57(52)37-47/h5-21,23-38,45,66H,1-2,22H2,3-4H3/b60-35+. The van der Waals surface area contributed by atoms with E-state index in [0.717, 1.165) is 73.5 Å². The Morgan fingerprint density at radius 1 is 0.672 bits per heavy atom. The molecule has 0 radical (unpaired) electrons. The maximum Gasteiger partial charge on any atom is 0.136 e. The summed E-state index contributed by atoms with van der Waals surface area (Å²) in [4.78, 5) is 4.41. The Labute approximate surface area is 392 Å². The number of ether oxygens (including phenoxy) is 1. The maximum atomic E-state index is 12.2. The number of fused-ring (bicyclic) bond motifs is 3. The van der Waals surface area contributed by atoms with Gasteiger partial charge in [-0.3, -0.25) is 0 Å². The molecule has 0 saturated carbocycles. The summed E-state index contributed by atoms with van der Waals surface area (Å²) in [6, 6.07) is 60.2. The maximum absolute atomic E-state index is 12.2.